The summed E-state index contributed by atoms with van der Waals surface area (Å²) in [5.74, 6) is -0.325. The molecule has 0 aromatic carbocycles. The zero-order valence-electron chi connectivity index (χ0n) is 47.0. The molecule has 19 nitrogen and oxygen atoms in total. The molecule has 0 aromatic heterocycles. The van der Waals surface area contributed by atoms with Crippen LogP contribution in [0.2, 0.25) is 0 Å². The zero-order valence-corrected chi connectivity index (χ0v) is 47.0. The van der Waals surface area contributed by atoms with Gasteiger partial charge < -0.3 is 89.9 Å². The lowest BCUT2D eigenvalue weighted by molar-refractivity contribution is -0.379. The molecule has 0 aliphatic carbocycles. The molecule has 19 heteroatoms. The summed E-state index contributed by atoms with van der Waals surface area (Å²) in [5, 5.41) is 119. The van der Waals surface area contributed by atoms with Crippen LogP contribution in [0.3, 0.4) is 0 Å². The summed E-state index contributed by atoms with van der Waals surface area (Å²) in [6.45, 7) is 1.35. The van der Waals surface area contributed by atoms with Crippen LogP contribution in [-0.2, 0) is 33.2 Å². The summed E-state index contributed by atoms with van der Waals surface area (Å²) in [6.07, 6.45) is 30.1. The minimum absolute atomic E-state index is 0.192. The third-order valence-electron chi connectivity index (χ3n) is 13.5. The van der Waals surface area contributed by atoms with Crippen LogP contribution >= 0.6 is 0 Å². The van der Waals surface area contributed by atoms with Gasteiger partial charge in [0.2, 0.25) is 5.91 Å². The van der Waals surface area contributed by atoms with Gasteiger partial charge in [-0.3, -0.25) is 4.79 Å². The first-order valence-electron chi connectivity index (χ1n) is 28.8. The highest BCUT2D eigenvalue weighted by Gasteiger charge is 2.53. The summed E-state index contributed by atoms with van der Waals surface area (Å²) in [7, 11) is 0. The number of ether oxygens (including phenoxy) is 6. The van der Waals surface area contributed by atoms with Gasteiger partial charge in [-0.15, -0.1) is 0 Å². The lowest BCUT2D eigenvalue weighted by Crippen LogP contribution is -2.66. The van der Waals surface area contributed by atoms with Gasteiger partial charge >= 0.3 is 0 Å². The molecule has 1 amide bonds. The van der Waals surface area contributed by atoms with Gasteiger partial charge in [-0.1, -0.05) is 155 Å². The summed E-state index contributed by atoms with van der Waals surface area (Å²) in [4.78, 5) is 13.1. The number of rotatable bonds is 39. The highest BCUT2D eigenvalue weighted by Crippen LogP contribution is 2.33. The summed E-state index contributed by atoms with van der Waals surface area (Å²) < 4.78 is 33.9. The van der Waals surface area contributed by atoms with Crippen molar-refractivity contribution < 1.29 is 89.4 Å². The first-order chi connectivity index (χ1) is 38.8. The zero-order chi connectivity index (χ0) is 58.3. The van der Waals surface area contributed by atoms with E-state index in [1.807, 2.05) is 6.92 Å². The summed E-state index contributed by atoms with van der Waals surface area (Å²) >= 11 is 0. The maximum absolute atomic E-state index is 13.1. The molecule has 0 aromatic rings. The number of allylic oxidation sites excluding steroid dienone is 19. The molecule has 0 radical (unpaired) electrons. The van der Waals surface area contributed by atoms with Gasteiger partial charge in [0.15, 0.2) is 18.9 Å². The monoisotopic (exact) mass is 1130 g/mol. The smallest absolute Gasteiger partial charge is 0.220 e. The second-order valence-corrected chi connectivity index (χ2v) is 20.0. The maximum Gasteiger partial charge on any atom is 0.220 e. The number of hydrogen-bond donors (Lipinski definition) is 12. The van der Waals surface area contributed by atoms with Gasteiger partial charge in [-0.25, -0.2) is 0 Å². The van der Waals surface area contributed by atoms with Gasteiger partial charge in [-0.2, -0.15) is 0 Å². The molecule has 0 saturated carbocycles. The van der Waals surface area contributed by atoms with Gasteiger partial charge in [0.1, 0.15) is 73.2 Å². The topological polar surface area (TPSA) is 307 Å². The number of aliphatic hydroxyl groups excluding tert-OH is 11. The van der Waals surface area contributed by atoms with Gasteiger partial charge in [-0.05, 0) is 83.5 Å². The minimum Gasteiger partial charge on any atom is -0.394 e. The van der Waals surface area contributed by atoms with Crippen molar-refractivity contribution in [2.75, 3.05) is 26.4 Å². The van der Waals surface area contributed by atoms with Crippen LogP contribution in [0.5, 0.6) is 0 Å². The lowest BCUT2D eigenvalue weighted by atomic mass is 9.96. The van der Waals surface area contributed by atoms with Crippen molar-refractivity contribution >= 4 is 5.91 Å². The highest BCUT2D eigenvalue weighted by atomic mass is 16.8. The van der Waals surface area contributed by atoms with Gasteiger partial charge in [0.25, 0.3) is 0 Å². The van der Waals surface area contributed by atoms with Crippen LogP contribution in [0.15, 0.2) is 122 Å². The van der Waals surface area contributed by atoms with Gasteiger partial charge in [0.05, 0.1) is 38.6 Å². The fourth-order valence-corrected chi connectivity index (χ4v) is 8.75. The predicted octanol–water partition coefficient (Wildman–Crippen LogP) is 4.53. The maximum atomic E-state index is 13.1. The lowest BCUT2D eigenvalue weighted by Gasteiger charge is -2.48. The largest absolute Gasteiger partial charge is 0.394 e. The molecule has 0 spiro atoms. The quantitative estimate of drug-likeness (QED) is 0.0297. The van der Waals surface area contributed by atoms with Crippen molar-refractivity contribution in [1.82, 2.24) is 5.32 Å². The van der Waals surface area contributed by atoms with E-state index in [0.717, 1.165) is 89.9 Å². The van der Waals surface area contributed by atoms with Crippen molar-refractivity contribution in [3.63, 3.8) is 0 Å². The molecule has 454 valence electrons. The first kappa shape index (κ1) is 70.5. The molecule has 80 heavy (non-hydrogen) atoms. The normalized spacial score (nSPS) is 30.9. The predicted molar refractivity (Wildman–Crippen MR) is 304 cm³/mol. The fourth-order valence-electron chi connectivity index (χ4n) is 8.75. The number of nitrogens with one attached hydrogen (secondary N) is 1. The van der Waals surface area contributed by atoms with E-state index in [9.17, 15) is 61.0 Å². The van der Waals surface area contributed by atoms with Crippen LogP contribution in [0.25, 0.3) is 0 Å². The first-order valence-corrected chi connectivity index (χ1v) is 28.8. The standard InChI is InChI=1S/C61H97NO18/c1-3-5-7-9-10-11-12-13-14-15-16-17-18-19-20-21-22-23-24-25-26-27-28-29-30-31-32-33-34-35-37-39-49(67)62-44(45(66)38-36-8-6-4-2)43-75-59-55(73)52(70)57(47(41-64)77-59)80-61-56(74)53(71)58(48(42-65)78-61)79-60-54(72)51(69)50(68)46(40-63)76-60/h5,7,10-11,13-14,16-17,19-20,22-23,25-26,28-29,31-32,36,38,44-48,50-61,63-66,68-74H,3-4,6,8-9,12,15,18,21,24,27,30,33-35,37,39-43H2,1-2H3,(H,62,67)/b7-5-,11-10-,14-13-,17-16-,20-19-,23-22-,26-25-,29-28-,32-31-,38-36+. The molecule has 3 aliphatic rings. The van der Waals surface area contributed by atoms with Crippen LogP contribution in [0.4, 0.5) is 0 Å². The van der Waals surface area contributed by atoms with E-state index in [4.69, 9.17) is 28.4 Å². The Morgan fingerprint density at radius 2 is 0.863 bits per heavy atom. The van der Waals surface area contributed by atoms with E-state index in [-0.39, 0.29) is 18.9 Å². The van der Waals surface area contributed by atoms with Crippen molar-refractivity contribution in [2.45, 2.75) is 227 Å². The Balaban J connectivity index is 1.36. The second-order valence-electron chi connectivity index (χ2n) is 20.0. The second kappa shape index (κ2) is 42.9. The molecule has 17 unspecified atom stereocenters. The summed E-state index contributed by atoms with van der Waals surface area (Å²) in [5.41, 5.74) is 0. The van der Waals surface area contributed by atoms with E-state index in [1.54, 1.807) is 12.2 Å². The molecular formula is C61H97NO18. The Hall–Kier alpha value is -3.81. The van der Waals surface area contributed by atoms with E-state index < -0.39 is 124 Å². The molecule has 12 N–H and O–H groups in total. The van der Waals surface area contributed by atoms with Crippen molar-refractivity contribution in [1.29, 1.82) is 0 Å². The van der Waals surface area contributed by atoms with E-state index in [1.165, 1.54) is 0 Å². The third-order valence-corrected chi connectivity index (χ3v) is 13.5. The third kappa shape index (κ3) is 26.6. The van der Waals surface area contributed by atoms with Crippen molar-refractivity contribution in [3.8, 4) is 0 Å². The number of hydrogen-bond acceptors (Lipinski definition) is 18. The molecule has 3 heterocycles. The number of carbonyl (C=O) groups is 1. The molecule has 3 rings (SSSR count). The number of amides is 1. The number of unbranched alkanes of at least 4 members (excludes halogenated alkanes) is 5. The average molecular weight is 1130 g/mol. The number of aliphatic hydroxyl groups is 11. The SMILES string of the molecule is CC/C=C\C/C=C\C/C=C\C/C=C\C/C=C\C/C=C\C/C=C\C/C=C\C/C=C\CCCCCC(=O)NC(COC1OC(CO)C(OC2OC(CO)C(OC3OC(CO)C(O)C(O)C3O)C(O)C2O)C(O)C1O)C(O)/C=C/CCCC. The summed E-state index contributed by atoms with van der Waals surface area (Å²) in [6, 6.07) is -0.996. The molecular weight excluding hydrogens is 1030 g/mol. The fraction of sp³-hybridized carbons (Fsp3) is 0.656. The Morgan fingerprint density at radius 3 is 1.31 bits per heavy atom. The molecule has 3 saturated heterocycles. The molecule has 0 bridgehead atoms. The molecule has 3 aliphatic heterocycles. The van der Waals surface area contributed by atoms with Gasteiger partial charge in [0, 0.05) is 6.42 Å². The Bertz CT molecular complexity index is 1930. The van der Waals surface area contributed by atoms with Crippen LogP contribution in [0.1, 0.15) is 123 Å². The van der Waals surface area contributed by atoms with E-state index in [0.29, 0.717) is 12.8 Å². The van der Waals surface area contributed by atoms with Crippen LogP contribution < -0.4 is 5.32 Å². The van der Waals surface area contributed by atoms with Crippen LogP contribution in [-0.4, -0.2) is 193 Å². The van der Waals surface area contributed by atoms with Crippen molar-refractivity contribution in [3.05, 3.63) is 122 Å². The highest BCUT2D eigenvalue weighted by molar-refractivity contribution is 5.76. The Morgan fingerprint density at radius 1 is 0.463 bits per heavy atom. The molecule has 17 atom stereocenters. The average Bonchev–Trinajstić information content (AvgIpc) is 3.58. The Labute approximate surface area is 474 Å². The van der Waals surface area contributed by atoms with Crippen molar-refractivity contribution in [2.24, 2.45) is 0 Å². The van der Waals surface area contributed by atoms with E-state index >= 15 is 0 Å². The Kier molecular flexibility index (Phi) is 37.8. The molecule has 3 fully saturated rings. The number of carbonyl (C=O) groups excluding carboxylic acids is 1. The minimum atomic E-state index is -1.98. The van der Waals surface area contributed by atoms with Crippen LogP contribution in [0, 0.1) is 0 Å². The van der Waals surface area contributed by atoms with E-state index in [2.05, 4.69) is 122 Å².